The molecule has 0 saturated heterocycles. The van der Waals surface area contributed by atoms with E-state index in [0.717, 1.165) is 43.0 Å². The van der Waals surface area contributed by atoms with Crippen LogP contribution in [-0.4, -0.2) is 18.9 Å². The quantitative estimate of drug-likeness (QED) is 0.718. The Bertz CT molecular complexity index is 609. The molecule has 1 aromatic rings. The molecule has 1 aliphatic carbocycles. The summed E-state index contributed by atoms with van der Waals surface area (Å²) in [6, 6.07) is 8.09. The Hall–Kier alpha value is -0.540. The zero-order chi connectivity index (χ0) is 17.1. The number of hydrogen-bond donors (Lipinski definition) is 0. The van der Waals surface area contributed by atoms with Gasteiger partial charge in [0.2, 0.25) is 0 Å². The molecule has 4 heteroatoms. The Morgan fingerprint density at radius 3 is 2.26 bits per heavy atom. The fraction of sp³-hybridized carbons (Fsp3) is 0.684. The van der Waals surface area contributed by atoms with Crippen LogP contribution in [0.25, 0.3) is 0 Å². The van der Waals surface area contributed by atoms with Crippen molar-refractivity contribution in [1.82, 2.24) is 0 Å². The summed E-state index contributed by atoms with van der Waals surface area (Å²) in [6.07, 6.45) is 6.66. The number of sulfone groups is 1. The second-order valence-corrected chi connectivity index (χ2v) is 11.2. The van der Waals surface area contributed by atoms with Gasteiger partial charge in [-0.25, -0.2) is 8.42 Å². The summed E-state index contributed by atoms with van der Waals surface area (Å²) < 4.78 is 24.0. The maximum absolute atomic E-state index is 12.3. The molecule has 23 heavy (non-hydrogen) atoms. The average molecular weight is 357 g/mol. The van der Waals surface area contributed by atoms with Gasteiger partial charge in [-0.15, -0.1) is 0 Å². The van der Waals surface area contributed by atoms with Gasteiger partial charge in [-0.1, -0.05) is 36.6 Å². The lowest BCUT2D eigenvalue weighted by molar-refractivity contribution is 0.278. The van der Waals surface area contributed by atoms with Crippen LogP contribution >= 0.6 is 11.6 Å². The van der Waals surface area contributed by atoms with Crippen molar-refractivity contribution in [3.8, 4) is 0 Å². The highest BCUT2D eigenvalue weighted by Crippen LogP contribution is 2.34. The van der Waals surface area contributed by atoms with Crippen LogP contribution < -0.4 is 0 Å². The van der Waals surface area contributed by atoms with E-state index in [4.69, 9.17) is 11.6 Å². The lowest BCUT2D eigenvalue weighted by Crippen LogP contribution is -2.34. The Morgan fingerprint density at radius 2 is 1.70 bits per heavy atom. The molecule has 1 fully saturated rings. The van der Waals surface area contributed by atoms with Gasteiger partial charge in [0.15, 0.2) is 9.84 Å². The minimum Gasteiger partial charge on any atom is -0.228 e. The first-order valence-corrected chi connectivity index (χ1v) is 10.7. The van der Waals surface area contributed by atoms with E-state index in [9.17, 15) is 8.42 Å². The van der Waals surface area contributed by atoms with Crippen molar-refractivity contribution in [2.45, 2.75) is 64.0 Å². The van der Waals surface area contributed by atoms with E-state index in [1.165, 1.54) is 12.0 Å². The summed E-state index contributed by atoms with van der Waals surface area (Å²) in [5.41, 5.74) is 1.30. The van der Waals surface area contributed by atoms with Crippen LogP contribution in [0.4, 0.5) is 0 Å². The number of benzene rings is 1. The minimum atomic E-state index is -2.99. The van der Waals surface area contributed by atoms with Gasteiger partial charge in [0.05, 0.1) is 10.5 Å². The van der Waals surface area contributed by atoms with Crippen LogP contribution in [0.2, 0.25) is 5.02 Å². The lowest BCUT2D eigenvalue weighted by atomic mass is 9.80. The lowest BCUT2D eigenvalue weighted by Gasteiger charge is -2.30. The maximum atomic E-state index is 12.3. The van der Waals surface area contributed by atoms with Crippen molar-refractivity contribution in [3.05, 3.63) is 34.9 Å². The molecule has 0 spiro atoms. The molecule has 0 bridgehead atoms. The molecule has 0 aromatic heterocycles. The second kappa shape index (κ2) is 7.57. The fourth-order valence-corrected chi connectivity index (χ4v) is 4.98. The zero-order valence-electron chi connectivity index (χ0n) is 14.5. The van der Waals surface area contributed by atoms with Crippen molar-refractivity contribution in [2.24, 2.45) is 11.8 Å². The van der Waals surface area contributed by atoms with E-state index in [0.29, 0.717) is 11.7 Å². The molecule has 0 unspecified atom stereocenters. The molecule has 130 valence electrons. The molecule has 2 nitrogen and oxygen atoms in total. The Labute approximate surface area is 146 Å². The van der Waals surface area contributed by atoms with E-state index >= 15 is 0 Å². The largest absolute Gasteiger partial charge is 0.228 e. The molecular formula is C19H29ClO2S. The van der Waals surface area contributed by atoms with E-state index in [1.807, 2.05) is 18.2 Å². The monoisotopic (exact) mass is 356 g/mol. The molecule has 1 aliphatic rings. The van der Waals surface area contributed by atoms with E-state index in [2.05, 4.69) is 6.07 Å². The van der Waals surface area contributed by atoms with Gasteiger partial charge in [0.25, 0.3) is 0 Å². The molecule has 0 N–H and O–H groups in total. The summed E-state index contributed by atoms with van der Waals surface area (Å²) in [4.78, 5) is 0. The Kier molecular flexibility index (Phi) is 6.18. The predicted molar refractivity (Wildman–Crippen MR) is 98.8 cm³/mol. The van der Waals surface area contributed by atoms with Crippen LogP contribution in [0.15, 0.2) is 24.3 Å². The third kappa shape index (κ3) is 5.49. The highest BCUT2D eigenvalue weighted by atomic mass is 35.5. The molecule has 2 rings (SSSR count). The van der Waals surface area contributed by atoms with Gasteiger partial charge in [-0.05, 0) is 76.0 Å². The first kappa shape index (κ1) is 18.8. The van der Waals surface area contributed by atoms with Gasteiger partial charge < -0.3 is 0 Å². The number of rotatable bonds is 5. The molecular weight excluding hydrogens is 328 g/mol. The van der Waals surface area contributed by atoms with Gasteiger partial charge in [0.1, 0.15) is 0 Å². The minimum absolute atomic E-state index is 0.349. The zero-order valence-corrected chi connectivity index (χ0v) is 16.1. The standard InChI is InChI=1S/C19H29ClO2S/c1-19(2,3)23(21,22)14-17-11-8-15(9-12-17)7-10-16-5-4-6-18(20)13-16/h4-6,13,15,17H,7-12,14H2,1-3H3. The van der Waals surface area contributed by atoms with Crippen molar-refractivity contribution in [1.29, 1.82) is 0 Å². The SMILES string of the molecule is CC(C)(C)S(=O)(=O)CC1CCC(CCc2cccc(Cl)c2)CC1. The Balaban J connectivity index is 1.78. The molecule has 0 aliphatic heterocycles. The Morgan fingerprint density at radius 1 is 1.09 bits per heavy atom. The topological polar surface area (TPSA) is 34.1 Å². The van der Waals surface area contributed by atoms with Crippen molar-refractivity contribution in [3.63, 3.8) is 0 Å². The molecule has 0 amide bonds. The summed E-state index contributed by atoms with van der Waals surface area (Å²) in [5, 5.41) is 0.804. The maximum Gasteiger partial charge on any atom is 0.155 e. The van der Waals surface area contributed by atoms with Crippen molar-refractivity contribution >= 4 is 21.4 Å². The highest BCUT2D eigenvalue weighted by Gasteiger charge is 2.33. The van der Waals surface area contributed by atoms with Crippen LogP contribution in [0, 0.1) is 11.8 Å². The molecule has 0 radical (unpaired) electrons. The van der Waals surface area contributed by atoms with Crippen LogP contribution in [0.3, 0.4) is 0 Å². The van der Waals surface area contributed by atoms with Crippen molar-refractivity contribution in [2.75, 3.05) is 5.75 Å². The highest BCUT2D eigenvalue weighted by molar-refractivity contribution is 7.92. The number of halogens is 1. The smallest absolute Gasteiger partial charge is 0.155 e. The van der Waals surface area contributed by atoms with Gasteiger partial charge in [0, 0.05) is 5.02 Å². The summed E-state index contributed by atoms with van der Waals surface area (Å²) in [5.74, 6) is 1.43. The van der Waals surface area contributed by atoms with Crippen LogP contribution in [-0.2, 0) is 16.3 Å². The number of hydrogen-bond acceptors (Lipinski definition) is 2. The van der Waals surface area contributed by atoms with E-state index < -0.39 is 14.6 Å². The molecule has 1 aromatic carbocycles. The average Bonchev–Trinajstić information content (AvgIpc) is 2.45. The fourth-order valence-electron chi connectivity index (χ4n) is 3.31. The van der Waals surface area contributed by atoms with Gasteiger partial charge in [-0.2, -0.15) is 0 Å². The van der Waals surface area contributed by atoms with Gasteiger partial charge >= 0.3 is 0 Å². The van der Waals surface area contributed by atoms with Crippen molar-refractivity contribution < 1.29 is 8.42 Å². The first-order valence-electron chi connectivity index (χ1n) is 8.64. The summed E-state index contributed by atoms with van der Waals surface area (Å²) in [7, 11) is -2.99. The summed E-state index contributed by atoms with van der Waals surface area (Å²) in [6.45, 7) is 5.41. The van der Waals surface area contributed by atoms with E-state index in [1.54, 1.807) is 20.8 Å². The van der Waals surface area contributed by atoms with Crippen LogP contribution in [0.1, 0.15) is 58.4 Å². The molecule has 0 atom stereocenters. The van der Waals surface area contributed by atoms with Gasteiger partial charge in [-0.3, -0.25) is 0 Å². The predicted octanol–water partition coefficient (Wildman–Crippen LogP) is 5.29. The first-order chi connectivity index (χ1) is 10.7. The molecule has 0 heterocycles. The second-order valence-electron chi connectivity index (χ2n) is 7.95. The van der Waals surface area contributed by atoms with Crippen LogP contribution in [0.5, 0.6) is 0 Å². The third-order valence-electron chi connectivity index (χ3n) is 5.08. The van der Waals surface area contributed by atoms with E-state index in [-0.39, 0.29) is 0 Å². The molecule has 1 saturated carbocycles. The summed E-state index contributed by atoms with van der Waals surface area (Å²) >= 11 is 6.03. The normalized spacial score (nSPS) is 23.0. The number of aryl methyl sites for hydroxylation is 1. The third-order valence-corrected chi connectivity index (χ3v) is 8.10.